The summed E-state index contributed by atoms with van der Waals surface area (Å²) in [5.41, 5.74) is 2.37. The van der Waals surface area contributed by atoms with E-state index in [2.05, 4.69) is 14.9 Å². The lowest BCUT2D eigenvalue weighted by atomic mass is 10.0. The molecule has 9 heteroatoms. The number of ether oxygens (including phenoxy) is 1. The van der Waals surface area contributed by atoms with Gasteiger partial charge in [-0.05, 0) is 79.1 Å². The average molecular weight is 516 g/mol. The molecule has 0 aromatic heterocycles. The minimum absolute atomic E-state index is 0.178. The van der Waals surface area contributed by atoms with Gasteiger partial charge in [-0.15, -0.1) is 0 Å². The predicted octanol–water partition coefficient (Wildman–Crippen LogP) is 4.44. The van der Waals surface area contributed by atoms with Crippen molar-refractivity contribution in [3.63, 3.8) is 0 Å². The maximum absolute atomic E-state index is 12.6. The minimum atomic E-state index is -3.67. The van der Waals surface area contributed by atoms with E-state index in [-0.39, 0.29) is 4.90 Å². The fraction of sp³-hybridized carbons (Fsp3) is 0.308. The summed E-state index contributed by atoms with van der Waals surface area (Å²) >= 11 is 6.02. The third kappa shape index (κ3) is 6.67. The van der Waals surface area contributed by atoms with Crippen LogP contribution < -0.4 is 19.7 Å². The van der Waals surface area contributed by atoms with Gasteiger partial charge in [0.25, 0.3) is 10.0 Å². The Hall–Kier alpha value is -2.78. The van der Waals surface area contributed by atoms with Crippen LogP contribution in [0.25, 0.3) is 0 Å². The summed E-state index contributed by atoms with van der Waals surface area (Å²) in [7, 11) is -2.14. The van der Waals surface area contributed by atoms with Crippen molar-refractivity contribution in [1.29, 1.82) is 0 Å². The van der Waals surface area contributed by atoms with Gasteiger partial charge in [0.1, 0.15) is 5.75 Å². The van der Waals surface area contributed by atoms with Gasteiger partial charge in [0.05, 0.1) is 18.1 Å². The molecule has 3 aromatic rings. The molecule has 1 fully saturated rings. The van der Waals surface area contributed by atoms with E-state index in [0.29, 0.717) is 29.0 Å². The fourth-order valence-electron chi connectivity index (χ4n) is 4.16. The van der Waals surface area contributed by atoms with Gasteiger partial charge in [0, 0.05) is 42.1 Å². The normalized spacial score (nSPS) is 15.6. The highest BCUT2D eigenvalue weighted by Gasteiger charge is 2.21. The minimum Gasteiger partial charge on any atom is -0.497 e. The lowest BCUT2D eigenvalue weighted by molar-refractivity contribution is 0.167. The molecule has 1 saturated heterocycles. The molecular formula is C26H30ClN3O4S. The number of sulfonamides is 1. The molecule has 4 rings (SSSR count). The Morgan fingerprint density at radius 1 is 1.06 bits per heavy atom. The molecule has 0 spiro atoms. The van der Waals surface area contributed by atoms with Crippen molar-refractivity contribution in [2.45, 2.75) is 29.9 Å². The first kappa shape index (κ1) is 25.3. The van der Waals surface area contributed by atoms with Gasteiger partial charge in [-0.25, -0.2) is 8.42 Å². The summed E-state index contributed by atoms with van der Waals surface area (Å²) < 4.78 is 33.0. The van der Waals surface area contributed by atoms with E-state index in [0.717, 1.165) is 37.2 Å². The number of benzene rings is 3. The molecule has 7 nitrogen and oxygen atoms in total. The first-order valence-corrected chi connectivity index (χ1v) is 13.4. The number of halogens is 1. The van der Waals surface area contributed by atoms with Crippen molar-refractivity contribution in [2.75, 3.05) is 36.4 Å². The van der Waals surface area contributed by atoms with Crippen molar-refractivity contribution >= 4 is 33.0 Å². The highest BCUT2D eigenvalue weighted by atomic mass is 35.5. The molecule has 0 amide bonds. The number of aliphatic hydroxyl groups is 1. The maximum Gasteiger partial charge on any atom is 0.261 e. The molecule has 186 valence electrons. The number of anilines is 2. The Labute approximate surface area is 211 Å². The van der Waals surface area contributed by atoms with Gasteiger partial charge in [-0.3, -0.25) is 4.72 Å². The summed E-state index contributed by atoms with van der Waals surface area (Å²) in [6.45, 7) is 2.23. The smallest absolute Gasteiger partial charge is 0.261 e. The van der Waals surface area contributed by atoms with E-state index < -0.39 is 16.1 Å². The second-order valence-corrected chi connectivity index (χ2v) is 10.7. The van der Waals surface area contributed by atoms with Crippen LogP contribution >= 0.6 is 11.6 Å². The molecule has 0 bridgehead atoms. The summed E-state index contributed by atoms with van der Waals surface area (Å²) in [4.78, 5) is 2.46. The van der Waals surface area contributed by atoms with Crippen molar-refractivity contribution in [1.82, 2.24) is 5.32 Å². The Kier molecular flexibility index (Phi) is 8.18. The molecule has 0 unspecified atom stereocenters. The van der Waals surface area contributed by atoms with Gasteiger partial charge < -0.3 is 20.1 Å². The number of rotatable bonds is 9. The average Bonchev–Trinajstić information content (AvgIpc) is 2.88. The van der Waals surface area contributed by atoms with Gasteiger partial charge >= 0.3 is 0 Å². The number of hydrogen-bond acceptors (Lipinski definition) is 6. The number of nitrogens with one attached hydrogen (secondary N) is 2. The van der Waals surface area contributed by atoms with E-state index in [4.69, 9.17) is 16.3 Å². The van der Waals surface area contributed by atoms with Crippen LogP contribution in [-0.2, 0) is 10.0 Å². The second-order valence-electron chi connectivity index (χ2n) is 8.57. The quantitative estimate of drug-likeness (QED) is 0.390. The second kappa shape index (κ2) is 11.3. The van der Waals surface area contributed by atoms with Crippen molar-refractivity contribution in [2.24, 2.45) is 0 Å². The number of hydrogen-bond donors (Lipinski definition) is 3. The third-order valence-electron chi connectivity index (χ3n) is 6.18. The number of aliphatic hydroxyl groups excluding tert-OH is 1. The fourth-order valence-corrected chi connectivity index (χ4v) is 5.42. The number of methoxy groups -OCH3 is 1. The molecule has 3 N–H and O–H groups in total. The molecular weight excluding hydrogens is 486 g/mol. The van der Waals surface area contributed by atoms with E-state index in [1.807, 2.05) is 24.3 Å². The van der Waals surface area contributed by atoms with Gasteiger partial charge in [0.2, 0.25) is 0 Å². The van der Waals surface area contributed by atoms with Gasteiger partial charge in [-0.1, -0.05) is 23.7 Å². The molecule has 0 aliphatic carbocycles. The van der Waals surface area contributed by atoms with Crippen LogP contribution in [0.2, 0.25) is 5.02 Å². The summed E-state index contributed by atoms with van der Waals surface area (Å²) in [5, 5.41) is 14.5. The zero-order valence-electron chi connectivity index (χ0n) is 19.5. The topological polar surface area (TPSA) is 90.9 Å². The van der Waals surface area contributed by atoms with Gasteiger partial charge in [0.15, 0.2) is 0 Å². The molecule has 1 aliphatic rings. The molecule has 0 saturated carbocycles. The Balaban J connectivity index is 1.27. The first-order valence-electron chi connectivity index (χ1n) is 11.5. The molecule has 1 heterocycles. The van der Waals surface area contributed by atoms with Crippen molar-refractivity contribution in [3.8, 4) is 5.75 Å². The molecule has 1 aliphatic heterocycles. The third-order valence-corrected chi connectivity index (χ3v) is 7.81. The van der Waals surface area contributed by atoms with E-state index in [1.54, 1.807) is 36.4 Å². The summed E-state index contributed by atoms with van der Waals surface area (Å²) in [6.07, 6.45) is 1.31. The maximum atomic E-state index is 12.6. The monoisotopic (exact) mass is 515 g/mol. The lowest BCUT2D eigenvalue weighted by Gasteiger charge is -2.34. The van der Waals surface area contributed by atoms with Crippen molar-refractivity contribution < 1.29 is 18.3 Å². The van der Waals surface area contributed by atoms with E-state index in [1.165, 1.54) is 19.2 Å². The van der Waals surface area contributed by atoms with E-state index in [9.17, 15) is 13.5 Å². The summed E-state index contributed by atoms with van der Waals surface area (Å²) in [5.74, 6) is 0.601. The standard InChI is InChI=1S/C26H30ClN3O4S/c1-34-24-9-11-25(12-10-24)35(32,33)29-22-5-7-23(8-6-22)30-15-13-21(14-16-30)28-18-26(31)19-3-2-4-20(27)17-19/h2-12,17,21,26,28-29,31H,13-16,18H2,1H3/t26-/m0/s1. The highest BCUT2D eigenvalue weighted by molar-refractivity contribution is 7.92. The molecule has 35 heavy (non-hydrogen) atoms. The first-order chi connectivity index (χ1) is 16.8. The zero-order valence-corrected chi connectivity index (χ0v) is 21.1. The predicted molar refractivity (Wildman–Crippen MR) is 140 cm³/mol. The number of nitrogens with zero attached hydrogens (tertiary/aromatic N) is 1. The number of piperidine rings is 1. The lowest BCUT2D eigenvalue weighted by Crippen LogP contribution is -2.43. The van der Waals surface area contributed by atoms with Gasteiger partial charge in [-0.2, -0.15) is 0 Å². The largest absolute Gasteiger partial charge is 0.497 e. The van der Waals surface area contributed by atoms with Crippen molar-refractivity contribution in [3.05, 3.63) is 83.4 Å². The zero-order chi connectivity index (χ0) is 24.8. The molecule has 1 atom stereocenters. The van der Waals surface area contributed by atoms with Crippen LogP contribution in [0.1, 0.15) is 24.5 Å². The van der Waals surface area contributed by atoms with Crippen LogP contribution in [0.5, 0.6) is 5.75 Å². The van der Waals surface area contributed by atoms with E-state index >= 15 is 0 Å². The van der Waals surface area contributed by atoms with Crippen LogP contribution in [0, 0.1) is 0 Å². The Bertz CT molecular complexity index is 1210. The van der Waals surface area contributed by atoms with Crippen LogP contribution in [-0.4, -0.2) is 46.3 Å². The Morgan fingerprint density at radius 2 is 1.74 bits per heavy atom. The van der Waals surface area contributed by atoms with Crippen LogP contribution in [0.3, 0.4) is 0 Å². The SMILES string of the molecule is COc1ccc(S(=O)(=O)Nc2ccc(N3CCC(NC[C@H](O)c4cccc(Cl)c4)CC3)cc2)cc1. The van der Waals surface area contributed by atoms with Crippen LogP contribution in [0.4, 0.5) is 11.4 Å². The summed E-state index contributed by atoms with van der Waals surface area (Å²) in [6, 6.07) is 21.3. The van der Waals surface area contributed by atoms with Crippen LogP contribution in [0.15, 0.2) is 77.7 Å². The Morgan fingerprint density at radius 3 is 2.37 bits per heavy atom. The molecule has 3 aromatic carbocycles. The molecule has 0 radical (unpaired) electrons. The highest BCUT2D eigenvalue weighted by Crippen LogP contribution is 2.25.